The second-order valence-electron chi connectivity index (χ2n) is 6.25. The highest BCUT2D eigenvalue weighted by atomic mass is 16.5. The molecule has 5 nitrogen and oxygen atoms in total. The Morgan fingerprint density at radius 3 is 2.48 bits per heavy atom. The van der Waals surface area contributed by atoms with Gasteiger partial charge in [-0.3, -0.25) is 9.88 Å². The van der Waals surface area contributed by atoms with Gasteiger partial charge in [0.05, 0.1) is 30.4 Å². The number of benzene rings is 2. The number of fused-ring (bicyclic) bond motifs is 1. The third-order valence-corrected chi connectivity index (χ3v) is 4.52. The number of anilines is 1. The summed E-state index contributed by atoms with van der Waals surface area (Å²) in [6.07, 6.45) is 1.80. The summed E-state index contributed by atoms with van der Waals surface area (Å²) < 4.78 is 5.44. The van der Waals surface area contributed by atoms with Crippen molar-refractivity contribution in [3.05, 3.63) is 65.9 Å². The minimum atomic E-state index is 0.744. The van der Waals surface area contributed by atoms with E-state index in [1.807, 2.05) is 24.3 Å². The summed E-state index contributed by atoms with van der Waals surface area (Å²) in [7, 11) is 0. The molecule has 0 bridgehead atoms. The summed E-state index contributed by atoms with van der Waals surface area (Å²) in [4.78, 5) is 11.5. The van der Waals surface area contributed by atoms with Crippen LogP contribution < -0.4 is 5.32 Å². The molecular weight excluding hydrogens is 312 g/mol. The van der Waals surface area contributed by atoms with E-state index in [1.54, 1.807) is 6.20 Å². The molecule has 4 rings (SSSR count). The van der Waals surface area contributed by atoms with Crippen LogP contribution in [0.3, 0.4) is 0 Å². The average Bonchev–Trinajstić information content (AvgIpc) is 2.68. The van der Waals surface area contributed by atoms with Gasteiger partial charge in [-0.1, -0.05) is 36.4 Å². The smallest absolute Gasteiger partial charge is 0.145 e. The van der Waals surface area contributed by atoms with Crippen molar-refractivity contribution in [1.29, 1.82) is 0 Å². The van der Waals surface area contributed by atoms with Crippen LogP contribution >= 0.6 is 0 Å². The van der Waals surface area contributed by atoms with Crippen LogP contribution in [0, 0.1) is 0 Å². The van der Waals surface area contributed by atoms with Gasteiger partial charge in [-0.15, -0.1) is 0 Å². The lowest BCUT2D eigenvalue weighted by Crippen LogP contribution is -2.35. The molecule has 0 atom stereocenters. The largest absolute Gasteiger partial charge is 0.379 e. The summed E-state index contributed by atoms with van der Waals surface area (Å²) in [6, 6.07) is 16.5. The number of hydrogen-bond donors (Lipinski definition) is 1. The Kier molecular flexibility index (Phi) is 4.86. The van der Waals surface area contributed by atoms with Crippen LogP contribution in [0.4, 0.5) is 5.82 Å². The summed E-state index contributed by atoms with van der Waals surface area (Å²) in [5, 5.41) is 3.41. The maximum Gasteiger partial charge on any atom is 0.145 e. The van der Waals surface area contributed by atoms with E-state index in [4.69, 9.17) is 4.74 Å². The molecule has 25 heavy (non-hydrogen) atoms. The van der Waals surface area contributed by atoms with Gasteiger partial charge < -0.3 is 10.1 Å². The highest BCUT2D eigenvalue weighted by Gasteiger charge is 2.12. The highest BCUT2D eigenvalue weighted by molar-refractivity contribution is 5.75. The normalized spacial score (nSPS) is 15.4. The molecule has 1 N–H and O–H groups in total. The highest BCUT2D eigenvalue weighted by Crippen LogP contribution is 2.16. The number of para-hydroxylation sites is 2. The molecule has 0 amide bonds. The molecule has 2 heterocycles. The molecule has 2 aromatic carbocycles. The lowest BCUT2D eigenvalue weighted by molar-refractivity contribution is 0.0341. The Hall–Kier alpha value is -2.50. The molecule has 0 unspecified atom stereocenters. The molecule has 1 aliphatic rings. The van der Waals surface area contributed by atoms with Gasteiger partial charge in [0.1, 0.15) is 5.82 Å². The molecule has 1 aromatic heterocycles. The molecule has 0 spiro atoms. The minimum Gasteiger partial charge on any atom is -0.379 e. The van der Waals surface area contributed by atoms with Crippen molar-refractivity contribution in [2.75, 3.05) is 31.6 Å². The van der Waals surface area contributed by atoms with Crippen LogP contribution in [0.25, 0.3) is 11.0 Å². The lowest BCUT2D eigenvalue weighted by atomic mass is 10.1. The molecular formula is C20H22N4O. The van der Waals surface area contributed by atoms with E-state index < -0.39 is 0 Å². The van der Waals surface area contributed by atoms with E-state index in [0.29, 0.717) is 0 Å². The van der Waals surface area contributed by atoms with Crippen LogP contribution in [-0.4, -0.2) is 41.2 Å². The van der Waals surface area contributed by atoms with E-state index >= 15 is 0 Å². The molecule has 128 valence electrons. The minimum absolute atomic E-state index is 0.744. The average molecular weight is 334 g/mol. The lowest BCUT2D eigenvalue weighted by Gasteiger charge is -2.27. The predicted octanol–water partition coefficient (Wildman–Crippen LogP) is 3.07. The third-order valence-electron chi connectivity index (χ3n) is 4.52. The van der Waals surface area contributed by atoms with Gasteiger partial charge in [-0.25, -0.2) is 4.98 Å². The first-order chi connectivity index (χ1) is 12.4. The zero-order chi connectivity index (χ0) is 16.9. The van der Waals surface area contributed by atoms with Crippen molar-refractivity contribution in [1.82, 2.24) is 14.9 Å². The van der Waals surface area contributed by atoms with Crippen LogP contribution in [0.1, 0.15) is 11.1 Å². The first-order valence-corrected chi connectivity index (χ1v) is 8.71. The van der Waals surface area contributed by atoms with Crippen molar-refractivity contribution < 1.29 is 4.74 Å². The van der Waals surface area contributed by atoms with Crippen LogP contribution in [0.15, 0.2) is 54.7 Å². The number of morpholine rings is 1. The van der Waals surface area contributed by atoms with E-state index in [0.717, 1.165) is 56.2 Å². The number of ether oxygens (including phenoxy) is 1. The summed E-state index contributed by atoms with van der Waals surface area (Å²) in [5.74, 6) is 0.805. The molecule has 3 aromatic rings. The fourth-order valence-electron chi connectivity index (χ4n) is 3.11. The van der Waals surface area contributed by atoms with Gasteiger partial charge in [-0.2, -0.15) is 0 Å². The molecule has 0 aliphatic carbocycles. The van der Waals surface area contributed by atoms with Crippen LogP contribution in [0.2, 0.25) is 0 Å². The van der Waals surface area contributed by atoms with Crippen molar-refractivity contribution in [3.63, 3.8) is 0 Å². The monoisotopic (exact) mass is 334 g/mol. The molecule has 1 fully saturated rings. The zero-order valence-corrected chi connectivity index (χ0v) is 14.2. The van der Waals surface area contributed by atoms with Gasteiger partial charge in [0, 0.05) is 26.2 Å². The molecule has 0 radical (unpaired) electrons. The first kappa shape index (κ1) is 16.0. The van der Waals surface area contributed by atoms with Gasteiger partial charge in [0.15, 0.2) is 0 Å². The Balaban J connectivity index is 1.46. The van der Waals surface area contributed by atoms with Gasteiger partial charge in [0.2, 0.25) is 0 Å². The maximum atomic E-state index is 5.44. The van der Waals surface area contributed by atoms with Gasteiger partial charge >= 0.3 is 0 Å². The molecule has 1 saturated heterocycles. The van der Waals surface area contributed by atoms with Crippen LogP contribution in [0.5, 0.6) is 0 Å². The zero-order valence-electron chi connectivity index (χ0n) is 14.2. The second kappa shape index (κ2) is 7.59. The molecule has 0 saturated carbocycles. The quantitative estimate of drug-likeness (QED) is 0.777. The Morgan fingerprint density at radius 2 is 1.64 bits per heavy atom. The fourth-order valence-corrected chi connectivity index (χ4v) is 3.11. The molecule has 5 heteroatoms. The van der Waals surface area contributed by atoms with Gasteiger partial charge in [-0.05, 0) is 23.3 Å². The third kappa shape index (κ3) is 3.95. The standard InChI is InChI=1S/C20H22N4O/c1-2-6-17(15-24-9-11-25-12-10-24)16(5-1)13-22-20-14-21-18-7-3-4-8-19(18)23-20/h1-8,14H,9-13,15H2,(H,22,23). The summed E-state index contributed by atoms with van der Waals surface area (Å²) in [6.45, 7) is 5.36. The Bertz CT molecular complexity index is 846. The van der Waals surface area contributed by atoms with Crippen molar-refractivity contribution in [2.45, 2.75) is 13.1 Å². The van der Waals surface area contributed by atoms with E-state index in [2.05, 4.69) is 44.5 Å². The fraction of sp³-hybridized carbons (Fsp3) is 0.300. The topological polar surface area (TPSA) is 50.3 Å². The van der Waals surface area contributed by atoms with E-state index in [1.165, 1.54) is 11.1 Å². The number of aromatic nitrogens is 2. The van der Waals surface area contributed by atoms with E-state index in [-0.39, 0.29) is 0 Å². The number of nitrogens with zero attached hydrogens (tertiary/aromatic N) is 3. The second-order valence-corrected chi connectivity index (χ2v) is 6.25. The van der Waals surface area contributed by atoms with Crippen molar-refractivity contribution in [2.24, 2.45) is 0 Å². The predicted molar refractivity (Wildman–Crippen MR) is 99.4 cm³/mol. The first-order valence-electron chi connectivity index (χ1n) is 8.71. The van der Waals surface area contributed by atoms with Crippen molar-refractivity contribution >= 4 is 16.9 Å². The Labute approximate surface area is 147 Å². The Morgan fingerprint density at radius 1 is 0.920 bits per heavy atom. The number of hydrogen-bond acceptors (Lipinski definition) is 5. The van der Waals surface area contributed by atoms with Gasteiger partial charge in [0.25, 0.3) is 0 Å². The SMILES string of the molecule is c1ccc(CN2CCOCC2)c(CNc2cnc3ccccc3n2)c1. The number of rotatable bonds is 5. The van der Waals surface area contributed by atoms with Crippen LogP contribution in [-0.2, 0) is 17.8 Å². The summed E-state index contributed by atoms with van der Waals surface area (Å²) >= 11 is 0. The molecule has 1 aliphatic heterocycles. The maximum absolute atomic E-state index is 5.44. The van der Waals surface area contributed by atoms with E-state index in [9.17, 15) is 0 Å². The number of nitrogens with one attached hydrogen (secondary N) is 1. The summed E-state index contributed by atoms with van der Waals surface area (Å²) in [5.41, 5.74) is 4.48. The van der Waals surface area contributed by atoms with Crippen molar-refractivity contribution in [3.8, 4) is 0 Å².